The number of hydrogen-bond donors (Lipinski definition) is 1. The third-order valence-electron chi connectivity index (χ3n) is 5.87. The van der Waals surface area contributed by atoms with E-state index in [1.165, 1.54) is 19.3 Å². The first-order valence-electron chi connectivity index (χ1n) is 9.78. The first kappa shape index (κ1) is 18.0. The van der Waals surface area contributed by atoms with Crippen LogP contribution in [-0.2, 0) is 9.59 Å². The Bertz CT molecular complexity index is 573. The van der Waals surface area contributed by atoms with E-state index in [1.807, 2.05) is 37.4 Å². The third-order valence-corrected chi connectivity index (χ3v) is 5.87. The second-order valence-corrected chi connectivity index (χ2v) is 7.62. The summed E-state index contributed by atoms with van der Waals surface area (Å²) in [5, 5.41) is 3.25. The van der Waals surface area contributed by atoms with Crippen molar-refractivity contribution in [2.24, 2.45) is 11.8 Å². The maximum Gasteiger partial charge on any atom is 0.229 e. The van der Waals surface area contributed by atoms with Crippen LogP contribution in [0.5, 0.6) is 0 Å². The molecule has 0 bridgehead atoms. The lowest BCUT2D eigenvalue weighted by molar-refractivity contribution is -0.129. The van der Waals surface area contributed by atoms with E-state index in [9.17, 15) is 9.59 Å². The summed E-state index contributed by atoms with van der Waals surface area (Å²) in [5.74, 6) is 0.531. The zero-order valence-corrected chi connectivity index (χ0v) is 15.2. The van der Waals surface area contributed by atoms with Crippen molar-refractivity contribution in [1.29, 1.82) is 0 Å². The number of para-hydroxylation sites is 1. The normalized spacial score (nSPS) is 24.5. The van der Waals surface area contributed by atoms with E-state index < -0.39 is 0 Å². The molecule has 0 saturated heterocycles. The van der Waals surface area contributed by atoms with Gasteiger partial charge in [-0.1, -0.05) is 37.5 Å². The van der Waals surface area contributed by atoms with E-state index in [2.05, 4.69) is 5.32 Å². The first-order valence-corrected chi connectivity index (χ1v) is 9.78. The van der Waals surface area contributed by atoms with E-state index in [1.54, 1.807) is 4.90 Å². The Morgan fingerprint density at radius 1 is 0.880 bits per heavy atom. The van der Waals surface area contributed by atoms with Gasteiger partial charge in [0.15, 0.2) is 0 Å². The SMILES string of the molecule is CN(C(=O)C1CCC(C(=O)NC2CCCCC2)CC1)c1ccccc1. The molecule has 4 nitrogen and oxygen atoms in total. The maximum absolute atomic E-state index is 12.7. The average Bonchev–Trinajstić information content (AvgIpc) is 2.68. The molecule has 1 aromatic carbocycles. The van der Waals surface area contributed by atoms with Crippen molar-refractivity contribution in [2.75, 3.05) is 11.9 Å². The fourth-order valence-electron chi connectivity index (χ4n) is 4.22. The quantitative estimate of drug-likeness (QED) is 0.902. The Morgan fingerprint density at radius 3 is 2.12 bits per heavy atom. The fourth-order valence-corrected chi connectivity index (χ4v) is 4.22. The molecule has 25 heavy (non-hydrogen) atoms. The smallest absolute Gasteiger partial charge is 0.229 e. The van der Waals surface area contributed by atoms with Gasteiger partial charge in [0.2, 0.25) is 11.8 Å². The van der Waals surface area contributed by atoms with Crippen LogP contribution >= 0.6 is 0 Å². The molecule has 3 rings (SSSR count). The topological polar surface area (TPSA) is 49.4 Å². The zero-order chi connectivity index (χ0) is 17.6. The zero-order valence-electron chi connectivity index (χ0n) is 15.2. The van der Waals surface area contributed by atoms with E-state index in [0.717, 1.165) is 44.2 Å². The molecule has 1 aromatic rings. The van der Waals surface area contributed by atoms with Crippen molar-refractivity contribution < 1.29 is 9.59 Å². The van der Waals surface area contributed by atoms with Crippen molar-refractivity contribution in [2.45, 2.75) is 63.8 Å². The molecule has 136 valence electrons. The molecule has 2 aliphatic rings. The summed E-state index contributed by atoms with van der Waals surface area (Å²) in [7, 11) is 1.85. The van der Waals surface area contributed by atoms with Crippen molar-refractivity contribution in [3.63, 3.8) is 0 Å². The summed E-state index contributed by atoms with van der Waals surface area (Å²) in [6.07, 6.45) is 9.32. The molecular formula is C21H30N2O2. The molecule has 1 N–H and O–H groups in total. The number of hydrogen-bond acceptors (Lipinski definition) is 2. The molecule has 0 radical (unpaired) electrons. The summed E-state index contributed by atoms with van der Waals surface area (Å²) < 4.78 is 0. The Labute approximate surface area is 151 Å². The molecule has 2 saturated carbocycles. The summed E-state index contributed by atoms with van der Waals surface area (Å²) in [4.78, 5) is 27.0. The minimum Gasteiger partial charge on any atom is -0.353 e. The first-order chi connectivity index (χ1) is 12.1. The van der Waals surface area contributed by atoms with Crippen LogP contribution in [0.3, 0.4) is 0 Å². The van der Waals surface area contributed by atoms with E-state index >= 15 is 0 Å². The molecule has 0 heterocycles. The molecular weight excluding hydrogens is 312 g/mol. The van der Waals surface area contributed by atoms with Crippen molar-refractivity contribution in [1.82, 2.24) is 5.32 Å². The fraction of sp³-hybridized carbons (Fsp3) is 0.619. The van der Waals surface area contributed by atoms with E-state index in [0.29, 0.717) is 6.04 Å². The highest BCUT2D eigenvalue weighted by Gasteiger charge is 2.32. The van der Waals surface area contributed by atoms with Gasteiger partial charge in [-0.15, -0.1) is 0 Å². The highest BCUT2D eigenvalue weighted by Crippen LogP contribution is 2.31. The molecule has 0 aromatic heterocycles. The molecule has 0 unspecified atom stereocenters. The van der Waals surface area contributed by atoms with Crippen LogP contribution in [0.15, 0.2) is 30.3 Å². The number of benzene rings is 1. The molecule has 0 spiro atoms. The van der Waals surface area contributed by atoms with Gasteiger partial charge in [-0.25, -0.2) is 0 Å². The van der Waals surface area contributed by atoms with Gasteiger partial charge >= 0.3 is 0 Å². The number of nitrogens with one attached hydrogen (secondary N) is 1. The number of anilines is 1. The highest BCUT2D eigenvalue weighted by atomic mass is 16.2. The van der Waals surface area contributed by atoms with Crippen LogP contribution in [0.1, 0.15) is 57.8 Å². The largest absolute Gasteiger partial charge is 0.353 e. The molecule has 4 heteroatoms. The standard InChI is InChI=1S/C21H30N2O2/c1-23(19-10-6-3-7-11-19)21(25)17-14-12-16(13-15-17)20(24)22-18-8-4-2-5-9-18/h3,6-7,10-11,16-18H,2,4-5,8-9,12-15H2,1H3,(H,22,24). The summed E-state index contributed by atoms with van der Waals surface area (Å²) in [5.41, 5.74) is 0.935. The van der Waals surface area contributed by atoms with E-state index in [-0.39, 0.29) is 23.7 Å². The second kappa shape index (κ2) is 8.50. The van der Waals surface area contributed by atoms with Crippen LogP contribution in [0, 0.1) is 11.8 Å². The number of carbonyl (C=O) groups is 2. The van der Waals surface area contributed by atoms with Crippen molar-refractivity contribution >= 4 is 17.5 Å². The Hall–Kier alpha value is -1.84. The number of amides is 2. The third kappa shape index (κ3) is 4.62. The number of rotatable bonds is 4. The van der Waals surface area contributed by atoms with Crippen LogP contribution < -0.4 is 10.2 Å². The van der Waals surface area contributed by atoms with Gasteiger partial charge < -0.3 is 10.2 Å². The summed E-state index contributed by atoms with van der Waals surface area (Å²) in [6, 6.07) is 10.2. The maximum atomic E-state index is 12.7. The van der Waals surface area contributed by atoms with Gasteiger partial charge in [-0.2, -0.15) is 0 Å². The van der Waals surface area contributed by atoms with Crippen LogP contribution in [-0.4, -0.2) is 24.9 Å². The molecule has 0 atom stereocenters. The Kier molecular flexibility index (Phi) is 6.11. The minimum atomic E-state index is 0.0453. The van der Waals surface area contributed by atoms with Gasteiger partial charge in [-0.05, 0) is 50.7 Å². The molecule has 2 fully saturated rings. The number of carbonyl (C=O) groups excluding carboxylic acids is 2. The van der Waals surface area contributed by atoms with E-state index in [4.69, 9.17) is 0 Å². The lowest BCUT2D eigenvalue weighted by atomic mass is 9.80. The number of nitrogens with zero attached hydrogens (tertiary/aromatic N) is 1. The monoisotopic (exact) mass is 342 g/mol. The second-order valence-electron chi connectivity index (χ2n) is 7.62. The Balaban J connectivity index is 1.47. The molecule has 2 amide bonds. The van der Waals surface area contributed by atoms with Crippen LogP contribution in [0.2, 0.25) is 0 Å². The van der Waals surface area contributed by atoms with Gasteiger partial charge in [0.1, 0.15) is 0 Å². The predicted molar refractivity (Wildman–Crippen MR) is 100 cm³/mol. The molecule has 2 aliphatic carbocycles. The predicted octanol–water partition coefficient (Wildman–Crippen LogP) is 3.90. The van der Waals surface area contributed by atoms with Gasteiger partial charge in [0, 0.05) is 30.6 Å². The van der Waals surface area contributed by atoms with Crippen LogP contribution in [0.25, 0.3) is 0 Å². The lowest BCUT2D eigenvalue weighted by Gasteiger charge is -2.31. The van der Waals surface area contributed by atoms with Gasteiger partial charge in [0.25, 0.3) is 0 Å². The highest BCUT2D eigenvalue weighted by molar-refractivity contribution is 5.94. The van der Waals surface area contributed by atoms with Crippen molar-refractivity contribution in [3.05, 3.63) is 30.3 Å². The van der Waals surface area contributed by atoms with Crippen LogP contribution in [0.4, 0.5) is 5.69 Å². The Morgan fingerprint density at radius 2 is 1.48 bits per heavy atom. The van der Waals surface area contributed by atoms with Crippen molar-refractivity contribution in [3.8, 4) is 0 Å². The van der Waals surface area contributed by atoms with Gasteiger partial charge in [0.05, 0.1) is 0 Å². The molecule has 0 aliphatic heterocycles. The minimum absolute atomic E-state index is 0.0453. The average molecular weight is 342 g/mol. The van der Waals surface area contributed by atoms with Gasteiger partial charge in [-0.3, -0.25) is 9.59 Å². The summed E-state index contributed by atoms with van der Waals surface area (Å²) in [6.45, 7) is 0. The lowest BCUT2D eigenvalue weighted by Crippen LogP contribution is -2.42. The summed E-state index contributed by atoms with van der Waals surface area (Å²) >= 11 is 0.